The molecular formula is C17H13Cl2NO5. The van der Waals surface area contributed by atoms with Gasteiger partial charge in [-0.2, -0.15) is 0 Å². The predicted octanol–water partition coefficient (Wildman–Crippen LogP) is 2.37. The molecule has 130 valence electrons. The number of carbonyl (C=O) groups is 3. The van der Waals surface area contributed by atoms with E-state index in [0.29, 0.717) is 15.7 Å². The number of carbonyl (C=O) groups excluding carboxylic acids is 3. The highest BCUT2D eigenvalue weighted by molar-refractivity contribution is 6.35. The number of benzene rings is 1. The molecule has 0 unspecified atom stereocenters. The van der Waals surface area contributed by atoms with E-state index in [-0.39, 0.29) is 12.5 Å². The first-order valence-corrected chi connectivity index (χ1v) is 8.42. The quantitative estimate of drug-likeness (QED) is 0.456. The Morgan fingerprint density at radius 2 is 1.92 bits per heavy atom. The second-order valence-corrected chi connectivity index (χ2v) is 7.19. The number of hydrogen-bond donors (Lipinski definition) is 0. The van der Waals surface area contributed by atoms with Crippen LogP contribution < -0.4 is 4.90 Å². The summed E-state index contributed by atoms with van der Waals surface area (Å²) in [5, 5.41) is 0.652. The smallest absolute Gasteiger partial charge is 0.302 e. The Hall–Kier alpha value is -1.89. The summed E-state index contributed by atoms with van der Waals surface area (Å²) in [6.45, 7) is 1.17. The number of rotatable bonds is 3. The topological polar surface area (TPSA) is 72.9 Å². The summed E-state index contributed by atoms with van der Waals surface area (Å²) < 4.78 is 10.9. The Morgan fingerprint density at radius 3 is 2.56 bits per heavy atom. The Bertz CT molecular complexity index is 818. The van der Waals surface area contributed by atoms with Gasteiger partial charge in [0.05, 0.1) is 23.6 Å². The average Bonchev–Trinajstić information content (AvgIpc) is 3.15. The molecule has 8 heteroatoms. The van der Waals surface area contributed by atoms with Gasteiger partial charge in [0.2, 0.25) is 11.8 Å². The molecule has 0 aromatic heterocycles. The van der Waals surface area contributed by atoms with E-state index in [9.17, 15) is 14.4 Å². The number of nitrogens with zero attached hydrogens (tertiary/aromatic N) is 1. The van der Waals surface area contributed by atoms with Crippen molar-refractivity contribution in [2.24, 2.45) is 11.8 Å². The highest BCUT2D eigenvalue weighted by atomic mass is 35.5. The number of halogens is 2. The maximum atomic E-state index is 13.0. The maximum Gasteiger partial charge on any atom is 0.302 e. The van der Waals surface area contributed by atoms with Gasteiger partial charge in [0.15, 0.2) is 0 Å². The van der Waals surface area contributed by atoms with Crippen molar-refractivity contribution in [3.63, 3.8) is 0 Å². The van der Waals surface area contributed by atoms with Gasteiger partial charge in [0, 0.05) is 17.0 Å². The molecule has 2 amide bonds. The third-order valence-electron chi connectivity index (χ3n) is 4.76. The lowest BCUT2D eigenvalue weighted by Crippen LogP contribution is -2.44. The first kappa shape index (κ1) is 16.6. The summed E-state index contributed by atoms with van der Waals surface area (Å²) in [6.07, 6.45) is 2.93. The lowest BCUT2D eigenvalue weighted by Gasteiger charge is -2.28. The summed E-state index contributed by atoms with van der Waals surface area (Å²) in [5.74, 6) is -2.65. The van der Waals surface area contributed by atoms with Gasteiger partial charge in [-0.3, -0.25) is 14.4 Å². The summed E-state index contributed by atoms with van der Waals surface area (Å²) in [5.41, 5.74) is -0.783. The Kier molecular flexibility index (Phi) is 3.68. The monoisotopic (exact) mass is 381 g/mol. The molecule has 0 aliphatic carbocycles. The Morgan fingerprint density at radius 1 is 1.24 bits per heavy atom. The van der Waals surface area contributed by atoms with Crippen molar-refractivity contribution in [1.82, 2.24) is 0 Å². The second-order valence-electron chi connectivity index (χ2n) is 6.32. The van der Waals surface area contributed by atoms with Crippen LogP contribution in [-0.4, -0.2) is 36.1 Å². The van der Waals surface area contributed by atoms with E-state index < -0.39 is 35.4 Å². The molecule has 25 heavy (non-hydrogen) atoms. The molecule has 2 fully saturated rings. The third kappa shape index (κ3) is 2.39. The number of ether oxygens (including phenoxy) is 2. The van der Waals surface area contributed by atoms with Crippen LogP contribution >= 0.6 is 23.2 Å². The van der Waals surface area contributed by atoms with Gasteiger partial charge < -0.3 is 9.47 Å². The second kappa shape index (κ2) is 5.56. The van der Waals surface area contributed by atoms with Crippen molar-refractivity contribution >= 4 is 46.7 Å². The first-order valence-electron chi connectivity index (χ1n) is 7.67. The largest absolute Gasteiger partial charge is 0.462 e. The van der Waals surface area contributed by atoms with E-state index >= 15 is 0 Å². The highest BCUT2D eigenvalue weighted by Crippen LogP contribution is 2.52. The number of esters is 1. The molecule has 1 aromatic carbocycles. The van der Waals surface area contributed by atoms with Crippen LogP contribution in [-0.2, 0) is 23.9 Å². The van der Waals surface area contributed by atoms with Gasteiger partial charge in [-0.1, -0.05) is 29.3 Å². The molecular weight excluding hydrogens is 369 g/mol. The standard InChI is InChI=1S/C17H13Cl2NO5/c1-8(21)24-7-17-3-2-12(25-17)13-14(17)16(23)20(15(13)22)11-5-9(18)4-10(19)6-11/h2-6,12-14H,7H2,1H3/t12-,13-,14+,17-/m1/s1. The molecule has 3 aliphatic heterocycles. The lowest BCUT2D eigenvalue weighted by molar-refractivity contribution is -0.150. The van der Waals surface area contributed by atoms with Gasteiger partial charge in [0.1, 0.15) is 12.2 Å². The van der Waals surface area contributed by atoms with E-state index in [1.54, 1.807) is 12.2 Å². The minimum Gasteiger partial charge on any atom is -0.462 e. The Balaban J connectivity index is 1.71. The molecule has 4 rings (SSSR count). The number of anilines is 1. The first-order chi connectivity index (χ1) is 11.8. The number of imide groups is 1. The van der Waals surface area contributed by atoms with E-state index in [1.807, 2.05) is 0 Å². The van der Waals surface area contributed by atoms with Crippen LogP contribution in [0.2, 0.25) is 10.0 Å². The normalized spacial score (nSPS) is 32.4. The van der Waals surface area contributed by atoms with Crippen molar-refractivity contribution in [3.05, 3.63) is 40.4 Å². The van der Waals surface area contributed by atoms with Gasteiger partial charge >= 0.3 is 5.97 Å². The minimum absolute atomic E-state index is 0.111. The predicted molar refractivity (Wildman–Crippen MR) is 89.3 cm³/mol. The van der Waals surface area contributed by atoms with E-state index in [2.05, 4.69) is 0 Å². The number of amides is 2. The Labute approximate surface area is 153 Å². The molecule has 2 saturated heterocycles. The van der Waals surface area contributed by atoms with Crippen molar-refractivity contribution in [2.75, 3.05) is 11.5 Å². The zero-order valence-corrected chi connectivity index (χ0v) is 14.6. The van der Waals surface area contributed by atoms with Gasteiger partial charge in [-0.05, 0) is 24.3 Å². The van der Waals surface area contributed by atoms with Crippen molar-refractivity contribution in [2.45, 2.75) is 18.6 Å². The maximum absolute atomic E-state index is 13.0. The van der Waals surface area contributed by atoms with Crippen LogP contribution in [0.25, 0.3) is 0 Å². The van der Waals surface area contributed by atoms with E-state index in [1.165, 1.54) is 25.1 Å². The third-order valence-corrected chi connectivity index (χ3v) is 5.20. The van der Waals surface area contributed by atoms with E-state index in [0.717, 1.165) is 4.90 Å². The molecule has 2 bridgehead atoms. The highest BCUT2D eigenvalue weighted by Gasteiger charge is 2.68. The van der Waals surface area contributed by atoms with Crippen LogP contribution in [0.15, 0.2) is 30.4 Å². The molecule has 6 nitrogen and oxygen atoms in total. The summed E-state index contributed by atoms with van der Waals surface area (Å²) in [6, 6.07) is 4.55. The van der Waals surface area contributed by atoms with Crippen LogP contribution in [0, 0.1) is 11.8 Å². The fourth-order valence-electron chi connectivity index (χ4n) is 3.80. The number of hydrogen-bond acceptors (Lipinski definition) is 5. The summed E-state index contributed by atoms with van der Waals surface area (Å²) in [4.78, 5) is 38.2. The van der Waals surface area contributed by atoms with Crippen LogP contribution in [0.1, 0.15) is 6.92 Å². The molecule has 4 atom stereocenters. The van der Waals surface area contributed by atoms with E-state index in [4.69, 9.17) is 32.7 Å². The molecule has 0 saturated carbocycles. The molecule has 0 N–H and O–H groups in total. The zero-order chi connectivity index (χ0) is 17.9. The van der Waals surface area contributed by atoms with Crippen LogP contribution in [0.5, 0.6) is 0 Å². The lowest BCUT2D eigenvalue weighted by atomic mass is 9.77. The van der Waals surface area contributed by atoms with Crippen molar-refractivity contribution in [3.8, 4) is 0 Å². The average molecular weight is 382 g/mol. The molecule has 3 heterocycles. The van der Waals surface area contributed by atoms with Crippen LogP contribution in [0.4, 0.5) is 5.69 Å². The summed E-state index contributed by atoms with van der Waals surface area (Å²) >= 11 is 12.0. The summed E-state index contributed by atoms with van der Waals surface area (Å²) in [7, 11) is 0. The number of fused-ring (bicyclic) bond motifs is 5. The minimum atomic E-state index is -1.11. The molecule has 1 aromatic rings. The van der Waals surface area contributed by atoms with Crippen molar-refractivity contribution in [1.29, 1.82) is 0 Å². The van der Waals surface area contributed by atoms with Crippen LogP contribution in [0.3, 0.4) is 0 Å². The van der Waals surface area contributed by atoms with Gasteiger partial charge in [-0.15, -0.1) is 0 Å². The molecule has 0 spiro atoms. The van der Waals surface area contributed by atoms with Gasteiger partial charge in [0.25, 0.3) is 0 Å². The zero-order valence-electron chi connectivity index (χ0n) is 13.1. The molecule has 0 radical (unpaired) electrons. The fourth-order valence-corrected chi connectivity index (χ4v) is 4.32. The van der Waals surface area contributed by atoms with Gasteiger partial charge in [-0.25, -0.2) is 4.90 Å². The molecule has 3 aliphatic rings. The van der Waals surface area contributed by atoms with Crippen molar-refractivity contribution < 1.29 is 23.9 Å². The SMILES string of the molecule is CC(=O)OC[C@@]12C=C[C@@H](O1)[C@H]1C(=O)N(c3cc(Cl)cc(Cl)c3)C(=O)[C@H]12. The fraction of sp³-hybridized carbons (Fsp3) is 0.353.